The van der Waals surface area contributed by atoms with Gasteiger partial charge in [0.25, 0.3) is 0 Å². The van der Waals surface area contributed by atoms with Gasteiger partial charge in [0, 0.05) is 45.1 Å². The Balaban J connectivity index is 0. The van der Waals surface area contributed by atoms with Crippen LogP contribution in [0.1, 0.15) is 0 Å². The fourth-order valence-corrected chi connectivity index (χ4v) is 0. The topological polar surface area (TPSA) is 126 Å². The predicted molar refractivity (Wildman–Crippen MR) is 20.2 cm³/mol. The maximum absolute atomic E-state index is 0. The van der Waals surface area contributed by atoms with Crippen LogP contribution in [0, 0.1) is 0 Å². The van der Waals surface area contributed by atoms with E-state index in [0.717, 1.165) is 0 Å². The van der Waals surface area contributed by atoms with Crippen molar-refractivity contribution >= 4 is 11.0 Å². The molecule has 0 aliphatic carbocycles. The van der Waals surface area contributed by atoms with E-state index in [1.807, 2.05) is 0 Å². The van der Waals surface area contributed by atoms with Gasteiger partial charge in [-0.3, -0.25) is 0 Å². The molecule has 0 spiro atoms. The Bertz CT molecular complexity index is 9.65. The Morgan fingerprint density at radius 2 is 0.429 bits per heavy atom. The van der Waals surface area contributed by atoms with Gasteiger partial charge in [0.2, 0.25) is 0 Å². The molecule has 0 aromatic heterocycles. The average Bonchev–Trinajstić information content (AvgIpc) is 0. The van der Waals surface area contributed by atoms with Crippen LogP contribution in [0.25, 0.3) is 0 Å². The molecule has 8 N–H and O–H groups in total. The summed E-state index contributed by atoms with van der Waals surface area (Å²) in [6.07, 6.45) is 0. The Labute approximate surface area is 67.3 Å². The van der Waals surface area contributed by atoms with Gasteiger partial charge in [-0.1, -0.05) is 0 Å². The molecule has 0 aromatic carbocycles. The van der Waals surface area contributed by atoms with Gasteiger partial charge in [-0.15, -0.1) is 0 Å². The van der Waals surface area contributed by atoms with Crippen LogP contribution >= 0.6 is 0 Å². The van der Waals surface area contributed by atoms with Crippen molar-refractivity contribution in [2.75, 3.05) is 0 Å². The van der Waals surface area contributed by atoms with Crippen LogP contribution in [0.5, 0.6) is 0 Å². The quantitative estimate of drug-likeness (QED) is 0.366. The van der Waals surface area contributed by atoms with Crippen molar-refractivity contribution in [3.8, 4) is 0 Å². The molecule has 0 aromatic rings. The molecule has 7 heavy (non-hydrogen) atoms. The summed E-state index contributed by atoms with van der Waals surface area (Å²) in [4.78, 5) is 0. The van der Waals surface area contributed by atoms with Crippen LogP contribution in [-0.2, 0) is 34.1 Å². The summed E-state index contributed by atoms with van der Waals surface area (Å²) >= 11 is 0. The van der Waals surface area contributed by atoms with Gasteiger partial charge in [0.15, 0.2) is 0 Å². The number of rotatable bonds is 0. The zero-order chi connectivity index (χ0) is 0. The summed E-state index contributed by atoms with van der Waals surface area (Å²) in [5, 5.41) is 0. The fraction of sp³-hybridized carbons (Fsp3) is 0. The zero-order valence-corrected chi connectivity index (χ0v) is 6.42. The molecular formula is H8Fe2O4Si. The minimum Gasteiger partial charge on any atom is -0.412 e. The van der Waals surface area contributed by atoms with E-state index in [9.17, 15) is 0 Å². The van der Waals surface area contributed by atoms with Crippen LogP contribution in [0.3, 0.4) is 0 Å². The molecule has 4 nitrogen and oxygen atoms in total. The fourth-order valence-electron chi connectivity index (χ4n) is 0. The molecule has 0 fully saturated rings. The summed E-state index contributed by atoms with van der Waals surface area (Å²) in [7, 11) is 0. The minimum absolute atomic E-state index is 0. The van der Waals surface area contributed by atoms with Gasteiger partial charge in [0.1, 0.15) is 0 Å². The SMILES string of the molecule is O.O.O.O.[Fe].[Fe].[Si]. The Morgan fingerprint density at radius 1 is 0.429 bits per heavy atom. The summed E-state index contributed by atoms with van der Waals surface area (Å²) in [5.74, 6) is 0. The Morgan fingerprint density at radius 3 is 0.429 bits per heavy atom. The van der Waals surface area contributed by atoms with Crippen LogP contribution in [-0.4, -0.2) is 32.9 Å². The summed E-state index contributed by atoms with van der Waals surface area (Å²) in [5.41, 5.74) is 0. The van der Waals surface area contributed by atoms with E-state index in [1.54, 1.807) is 0 Å². The molecule has 0 bridgehead atoms. The first kappa shape index (κ1) is 339. The smallest absolute Gasteiger partial charge is 0 e. The van der Waals surface area contributed by atoms with Crippen molar-refractivity contribution in [1.82, 2.24) is 0 Å². The molecule has 0 saturated carbocycles. The monoisotopic (exact) mass is 212 g/mol. The maximum atomic E-state index is 0. The van der Waals surface area contributed by atoms with Gasteiger partial charge in [-0.05, 0) is 0 Å². The van der Waals surface area contributed by atoms with E-state index in [4.69, 9.17) is 0 Å². The molecule has 0 saturated heterocycles. The van der Waals surface area contributed by atoms with Crippen LogP contribution < -0.4 is 0 Å². The molecule has 0 rings (SSSR count). The zero-order valence-electron chi connectivity index (χ0n) is 3.21. The first-order valence-electron chi connectivity index (χ1n) is 0. The molecule has 0 aliphatic rings. The molecule has 7 heteroatoms. The molecular weight excluding hydrogens is 204 g/mol. The third-order valence-corrected chi connectivity index (χ3v) is 0. The van der Waals surface area contributed by atoms with Gasteiger partial charge in [0.05, 0.1) is 0 Å². The van der Waals surface area contributed by atoms with E-state index in [2.05, 4.69) is 0 Å². The second-order valence-corrected chi connectivity index (χ2v) is 0. The van der Waals surface area contributed by atoms with Crippen molar-refractivity contribution in [2.45, 2.75) is 0 Å². The average molecular weight is 212 g/mol. The normalized spacial score (nSPS) is 0. The molecule has 52 valence electrons. The molecule has 0 amide bonds. The van der Waals surface area contributed by atoms with E-state index in [-0.39, 0.29) is 67.0 Å². The maximum Gasteiger partial charge on any atom is 0 e. The van der Waals surface area contributed by atoms with Crippen LogP contribution in [0.2, 0.25) is 0 Å². The van der Waals surface area contributed by atoms with Gasteiger partial charge < -0.3 is 21.9 Å². The first-order chi connectivity index (χ1) is 0. The van der Waals surface area contributed by atoms with E-state index in [0.29, 0.717) is 0 Å². The first-order valence-corrected chi connectivity index (χ1v) is 0. The Kier molecular flexibility index (Phi) is 10600. The van der Waals surface area contributed by atoms with Crippen molar-refractivity contribution in [2.24, 2.45) is 0 Å². The minimum atomic E-state index is 0. The summed E-state index contributed by atoms with van der Waals surface area (Å²) < 4.78 is 0. The predicted octanol–water partition coefficient (Wildman–Crippen LogP) is -3.68. The Hall–Kier alpha value is 1.10. The summed E-state index contributed by atoms with van der Waals surface area (Å²) in [6, 6.07) is 0. The molecule has 0 atom stereocenters. The summed E-state index contributed by atoms with van der Waals surface area (Å²) in [6.45, 7) is 0. The van der Waals surface area contributed by atoms with Crippen LogP contribution in [0.4, 0.5) is 0 Å². The number of hydrogen-bond donors (Lipinski definition) is 0. The third kappa shape index (κ3) is 153. The van der Waals surface area contributed by atoms with Crippen molar-refractivity contribution in [3.63, 3.8) is 0 Å². The van der Waals surface area contributed by atoms with E-state index in [1.165, 1.54) is 0 Å². The van der Waals surface area contributed by atoms with Crippen molar-refractivity contribution in [3.05, 3.63) is 0 Å². The molecule has 0 heterocycles. The number of hydrogen-bond acceptors (Lipinski definition) is 0. The molecule has 4 radical (unpaired) electrons. The van der Waals surface area contributed by atoms with E-state index >= 15 is 0 Å². The second-order valence-electron chi connectivity index (χ2n) is 0. The van der Waals surface area contributed by atoms with Gasteiger partial charge in [-0.25, -0.2) is 0 Å². The van der Waals surface area contributed by atoms with Gasteiger partial charge in [-0.2, -0.15) is 0 Å². The molecule has 0 aliphatic heterocycles. The standard InChI is InChI=1S/2Fe.4H2O.Si/h;;4*1H2;. The van der Waals surface area contributed by atoms with Crippen molar-refractivity contribution in [1.29, 1.82) is 0 Å². The largest absolute Gasteiger partial charge is 0.412 e. The second kappa shape index (κ2) is 220. The third-order valence-electron chi connectivity index (χ3n) is 0. The van der Waals surface area contributed by atoms with Crippen LogP contribution in [0.15, 0.2) is 0 Å². The van der Waals surface area contributed by atoms with E-state index < -0.39 is 0 Å². The molecule has 0 unspecified atom stereocenters. The van der Waals surface area contributed by atoms with Gasteiger partial charge >= 0.3 is 0 Å². The van der Waals surface area contributed by atoms with Crippen molar-refractivity contribution < 1.29 is 56.0 Å².